The van der Waals surface area contributed by atoms with Crippen molar-refractivity contribution in [2.24, 2.45) is 0 Å². The van der Waals surface area contributed by atoms with Gasteiger partial charge in [-0.2, -0.15) is 4.31 Å². The number of carbonyl (C=O) groups is 2. The van der Waals surface area contributed by atoms with Crippen molar-refractivity contribution in [1.82, 2.24) is 9.21 Å². The van der Waals surface area contributed by atoms with Crippen molar-refractivity contribution in [1.29, 1.82) is 0 Å². The lowest BCUT2D eigenvalue weighted by molar-refractivity contribution is -0.132. The number of hydrogen-bond acceptors (Lipinski definition) is 4. The third-order valence-electron chi connectivity index (χ3n) is 4.50. The molecule has 0 spiro atoms. The molecule has 1 saturated heterocycles. The number of anilines is 1. The fourth-order valence-electron chi connectivity index (χ4n) is 3.07. The molecular formula is C16H21N3O4S. The number of nitrogens with zero attached hydrogens (tertiary/aromatic N) is 2. The van der Waals surface area contributed by atoms with Crippen molar-refractivity contribution in [3.63, 3.8) is 0 Å². The highest BCUT2D eigenvalue weighted by Crippen LogP contribution is 2.27. The maximum atomic E-state index is 12.8. The summed E-state index contributed by atoms with van der Waals surface area (Å²) < 4.78 is 27.1. The van der Waals surface area contributed by atoms with Gasteiger partial charge in [-0.3, -0.25) is 9.59 Å². The van der Waals surface area contributed by atoms with Crippen molar-refractivity contribution in [3.8, 4) is 0 Å². The van der Waals surface area contributed by atoms with E-state index in [0.29, 0.717) is 51.1 Å². The molecular weight excluding hydrogens is 330 g/mol. The standard InChI is InChI=1S/C16H21N3O4S/c1-2-16(21)18-7-9-19(10-8-18)24(22,23)13-4-5-14-12(11-13)3-6-15(20)17-14/h4-5,11H,2-3,6-10H2,1H3,(H,17,20). The fraction of sp³-hybridized carbons (Fsp3) is 0.500. The van der Waals surface area contributed by atoms with E-state index in [-0.39, 0.29) is 16.7 Å². The van der Waals surface area contributed by atoms with Crippen molar-refractivity contribution >= 4 is 27.5 Å². The molecule has 1 aromatic rings. The highest BCUT2D eigenvalue weighted by atomic mass is 32.2. The molecule has 130 valence electrons. The molecule has 8 heteroatoms. The van der Waals surface area contributed by atoms with Crippen LogP contribution in [0.4, 0.5) is 5.69 Å². The molecule has 2 aliphatic heterocycles. The number of nitrogens with one attached hydrogen (secondary N) is 1. The SMILES string of the molecule is CCC(=O)N1CCN(S(=O)(=O)c2ccc3c(c2)CCC(=O)N3)CC1. The van der Waals surface area contributed by atoms with Gasteiger partial charge >= 0.3 is 0 Å². The lowest BCUT2D eigenvalue weighted by Crippen LogP contribution is -2.50. The van der Waals surface area contributed by atoms with Gasteiger partial charge in [0.15, 0.2) is 0 Å². The van der Waals surface area contributed by atoms with Crippen LogP contribution in [-0.2, 0) is 26.0 Å². The molecule has 3 rings (SSSR count). The number of benzene rings is 1. The second kappa shape index (κ2) is 6.52. The maximum absolute atomic E-state index is 12.8. The van der Waals surface area contributed by atoms with Gasteiger partial charge in [-0.05, 0) is 30.2 Å². The molecule has 0 aromatic heterocycles. The lowest BCUT2D eigenvalue weighted by Gasteiger charge is -2.34. The molecule has 0 bridgehead atoms. The number of piperazine rings is 1. The van der Waals surface area contributed by atoms with Crippen molar-refractivity contribution in [2.75, 3.05) is 31.5 Å². The van der Waals surface area contributed by atoms with Gasteiger partial charge in [-0.15, -0.1) is 0 Å². The van der Waals surface area contributed by atoms with Gasteiger partial charge in [0.2, 0.25) is 21.8 Å². The van der Waals surface area contributed by atoms with Crippen LogP contribution in [0.3, 0.4) is 0 Å². The summed E-state index contributed by atoms with van der Waals surface area (Å²) in [6.07, 6.45) is 1.35. The highest BCUT2D eigenvalue weighted by molar-refractivity contribution is 7.89. The third-order valence-corrected chi connectivity index (χ3v) is 6.40. The summed E-state index contributed by atoms with van der Waals surface area (Å²) in [5, 5.41) is 2.75. The van der Waals surface area contributed by atoms with Crippen LogP contribution in [0.15, 0.2) is 23.1 Å². The zero-order valence-electron chi connectivity index (χ0n) is 13.6. The van der Waals surface area contributed by atoms with Gasteiger partial charge in [0.05, 0.1) is 4.90 Å². The molecule has 1 N–H and O–H groups in total. The van der Waals surface area contributed by atoms with E-state index in [4.69, 9.17) is 0 Å². The first-order valence-corrected chi connectivity index (χ1v) is 9.56. The monoisotopic (exact) mass is 351 g/mol. The first-order valence-electron chi connectivity index (χ1n) is 8.12. The molecule has 7 nitrogen and oxygen atoms in total. The largest absolute Gasteiger partial charge is 0.340 e. The predicted molar refractivity (Wildman–Crippen MR) is 89.0 cm³/mol. The van der Waals surface area contributed by atoms with Crippen LogP contribution in [0.2, 0.25) is 0 Å². The van der Waals surface area contributed by atoms with Gasteiger partial charge in [-0.25, -0.2) is 8.42 Å². The number of amides is 2. The highest BCUT2D eigenvalue weighted by Gasteiger charge is 2.30. The topological polar surface area (TPSA) is 86.8 Å². The Hall–Kier alpha value is -1.93. The average Bonchev–Trinajstić information content (AvgIpc) is 2.60. The number of sulfonamides is 1. The molecule has 0 unspecified atom stereocenters. The number of hydrogen-bond donors (Lipinski definition) is 1. The first kappa shape index (κ1) is 16.9. The third kappa shape index (κ3) is 3.16. The Labute approximate surface area is 141 Å². The Bertz CT molecular complexity index is 768. The molecule has 1 fully saturated rings. The van der Waals surface area contributed by atoms with E-state index in [1.807, 2.05) is 0 Å². The second-order valence-corrected chi connectivity index (χ2v) is 7.94. The zero-order valence-corrected chi connectivity index (χ0v) is 14.4. The first-order chi connectivity index (χ1) is 11.4. The molecule has 2 heterocycles. The predicted octanol–water partition coefficient (Wildman–Crippen LogP) is 0.814. The van der Waals surface area contributed by atoms with Gasteiger partial charge in [0, 0.05) is 44.7 Å². The number of fused-ring (bicyclic) bond motifs is 1. The van der Waals surface area contributed by atoms with Gasteiger partial charge < -0.3 is 10.2 Å². The normalized spacial score (nSPS) is 18.9. The van der Waals surface area contributed by atoms with Gasteiger partial charge in [0.1, 0.15) is 0 Å². The number of rotatable bonds is 3. The average molecular weight is 351 g/mol. The van der Waals surface area contributed by atoms with Crippen LogP contribution < -0.4 is 5.32 Å². The summed E-state index contributed by atoms with van der Waals surface area (Å²) >= 11 is 0. The van der Waals surface area contributed by atoms with E-state index in [9.17, 15) is 18.0 Å². The van der Waals surface area contributed by atoms with Crippen molar-refractivity contribution in [2.45, 2.75) is 31.1 Å². The van der Waals surface area contributed by atoms with E-state index in [1.54, 1.807) is 24.0 Å². The maximum Gasteiger partial charge on any atom is 0.243 e. The van der Waals surface area contributed by atoms with Crippen molar-refractivity contribution in [3.05, 3.63) is 23.8 Å². The van der Waals surface area contributed by atoms with Crippen molar-refractivity contribution < 1.29 is 18.0 Å². The summed E-state index contributed by atoms with van der Waals surface area (Å²) in [4.78, 5) is 25.0. The number of carbonyl (C=O) groups excluding carboxylic acids is 2. The van der Waals surface area contributed by atoms with E-state index in [0.717, 1.165) is 5.56 Å². The fourth-order valence-corrected chi connectivity index (χ4v) is 4.54. The van der Waals surface area contributed by atoms with Crippen LogP contribution in [0.25, 0.3) is 0 Å². The summed E-state index contributed by atoms with van der Waals surface area (Å²) in [6.45, 7) is 3.26. The molecule has 24 heavy (non-hydrogen) atoms. The van der Waals surface area contributed by atoms with E-state index >= 15 is 0 Å². The van der Waals surface area contributed by atoms with Crippen LogP contribution >= 0.6 is 0 Å². The number of aryl methyl sites for hydroxylation is 1. The van der Waals surface area contributed by atoms with E-state index in [1.165, 1.54) is 10.4 Å². The van der Waals surface area contributed by atoms with Crippen LogP contribution in [0.5, 0.6) is 0 Å². The molecule has 0 radical (unpaired) electrons. The van der Waals surface area contributed by atoms with E-state index < -0.39 is 10.0 Å². The molecule has 2 amide bonds. The Morgan fingerprint density at radius 1 is 1.17 bits per heavy atom. The smallest absolute Gasteiger partial charge is 0.243 e. The zero-order chi connectivity index (χ0) is 17.3. The lowest BCUT2D eigenvalue weighted by atomic mass is 10.0. The Morgan fingerprint density at radius 2 is 1.88 bits per heavy atom. The summed E-state index contributed by atoms with van der Waals surface area (Å²) in [6, 6.07) is 4.83. The molecule has 0 saturated carbocycles. The van der Waals surface area contributed by atoms with Crippen LogP contribution in [0, 0.1) is 0 Å². The van der Waals surface area contributed by atoms with E-state index in [2.05, 4.69) is 5.32 Å². The minimum absolute atomic E-state index is 0.0465. The Kier molecular flexibility index (Phi) is 4.60. The summed E-state index contributed by atoms with van der Waals surface area (Å²) in [5.74, 6) is 0.00592. The molecule has 0 atom stereocenters. The second-order valence-electron chi connectivity index (χ2n) is 6.01. The Morgan fingerprint density at radius 3 is 2.54 bits per heavy atom. The van der Waals surface area contributed by atoms with Crippen LogP contribution in [0.1, 0.15) is 25.3 Å². The molecule has 0 aliphatic carbocycles. The van der Waals surface area contributed by atoms with Crippen LogP contribution in [-0.4, -0.2) is 55.6 Å². The molecule has 1 aromatic carbocycles. The molecule has 2 aliphatic rings. The minimum atomic E-state index is -3.58. The van der Waals surface area contributed by atoms with Gasteiger partial charge in [-0.1, -0.05) is 6.92 Å². The summed E-state index contributed by atoms with van der Waals surface area (Å²) in [5.41, 5.74) is 1.53. The van der Waals surface area contributed by atoms with Gasteiger partial charge in [0.25, 0.3) is 0 Å². The Balaban J connectivity index is 1.77. The quantitative estimate of drug-likeness (QED) is 0.873. The minimum Gasteiger partial charge on any atom is -0.340 e. The summed E-state index contributed by atoms with van der Waals surface area (Å²) in [7, 11) is -3.58.